The lowest BCUT2D eigenvalue weighted by atomic mass is 10.2. The minimum atomic E-state index is -3.93. The molecule has 2 heterocycles. The zero-order valence-electron chi connectivity index (χ0n) is 16.9. The summed E-state index contributed by atoms with van der Waals surface area (Å²) in [7, 11) is -1.20. The molecule has 2 aromatic heterocycles. The number of nitrogens with two attached hydrogens (primary N) is 1. The highest BCUT2D eigenvalue weighted by molar-refractivity contribution is 7.89. The number of nitrogens with zero attached hydrogens (tertiary/aromatic N) is 2. The van der Waals surface area contributed by atoms with Crippen molar-refractivity contribution in [3.8, 4) is 5.75 Å². The molecule has 1 amide bonds. The number of benzene rings is 2. The van der Waals surface area contributed by atoms with Gasteiger partial charge in [-0.15, -0.1) is 0 Å². The molecule has 0 radical (unpaired) electrons. The van der Waals surface area contributed by atoms with Crippen molar-refractivity contribution in [1.82, 2.24) is 4.57 Å². The smallest absolute Gasteiger partial charge is 0.325 e. The van der Waals surface area contributed by atoms with E-state index in [1.54, 1.807) is 24.3 Å². The summed E-state index contributed by atoms with van der Waals surface area (Å²) in [6.45, 7) is -0.231. The van der Waals surface area contributed by atoms with E-state index in [4.69, 9.17) is 19.0 Å². The number of hydrogen-bond donors (Lipinski definition) is 1. The number of esters is 1. The highest BCUT2D eigenvalue weighted by Gasteiger charge is 2.18. The van der Waals surface area contributed by atoms with E-state index in [0.717, 1.165) is 11.3 Å². The molecule has 0 saturated carbocycles. The maximum absolute atomic E-state index is 12.9. The average Bonchev–Trinajstić information content (AvgIpc) is 3.34. The van der Waals surface area contributed by atoms with E-state index < -0.39 is 21.9 Å². The second-order valence-electron chi connectivity index (χ2n) is 6.63. The predicted molar refractivity (Wildman–Crippen MR) is 116 cm³/mol. The molecule has 2 aromatic carbocycles. The Morgan fingerprint density at radius 3 is 2.66 bits per heavy atom. The van der Waals surface area contributed by atoms with Crippen molar-refractivity contribution < 1.29 is 31.9 Å². The first kappa shape index (κ1) is 21.7. The highest BCUT2D eigenvalue weighted by Crippen LogP contribution is 2.29. The van der Waals surface area contributed by atoms with Crippen LogP contribution in [-0.4, -0.2) is 39.1 Å². The van der Waals surface area contributed by atoms with Gasteiger partial charge in [-0.05, 0) is 30.3 Å². The van der Waals surface area contributed by atoms with Gasteiger partial charge in [0.15, 0.2) is 21.9 Å². The topological polar surface area (TPSA) is 143 Å². The summed E-state index contributed by atoms with van der Waals surface area (Å²) >= 11 is 1.03. The number of methoxy groups -OCH3 is 2. The van der Waals surface area contributed by atoms with E-state index in [-0.39, 0.29) is 22.0 Å². The Morgan fingerprint density at radius 1 is 1.19 bits per heavy atom. The molecule has 0 spiro atoms. The third kappa shape index (κ3) is 4.02. The molecule has 10 nitrogen and oxygen atoms in total. The maximum atomic E-state index is 12.9. The monoisotopic (exact) mass is 475 g/mol. The number of primary sulfonamides is 1. The van der Waals surface area contributed by atoms with E-state index in [9.17, 15) is 18.0 Å². The lowest BCUT2D eigenvalue weighted by Crippen LogP contribution is -2.22. The van der Waals surface area contributed by atoms with Gasteiger partial charge in [-0.3, -0.25) is 9.59 Å². The summed E-state index contributed by atoms with van der Waals surface area (Å²) in [4.78, 5) is 29.0. The van der Waals surface area contributed by atoms with Gasteiger partial charge in [0, 0.05) is 5.39 Å². The average molecular weight is 476 g/mol. The molecule has 0 aliphatic heterocycles. The molecular weight excluding hydrogens is 458 g/mol. The van der Waals surface area contributed by atoms with Crippen molar-refractivity contribution in [3.05, 3.63) is 53.0 Å². The number of thiazole rings is 1. The molecule has 12 heteroatoms. The molecule has 0 aliphatic carbocycles. The molecule has 2 N–H and O–H groups in total. The number of carbonyl (C=O) groups excluding carboxylic acids is 2. The standard InChI is InChI=1S/C20H17N3O7S2/c1-28-14-5-3-4-11-8-15(30-18(11)14)19(25)22-20-23(10-17(24)29-2)13-7-6-12(32(21,26)27)9-16(13)31-20/h3-9H,10H2,1-2H3,(H2,21,26,27). The third-order valence-electron chi connectivity index (χ3n) is 4.63. The van der Waals surface area contributed by atoms with Gasteiger partial charge in [0.25, 0.3) is 0 Å². The number of fused-ring (bicyclic) bond motifs is 2. The van der Waals surface area contributed by atoms with Crippen molar-refractivity contribution >= 4 is 54.4 Å². The lowest BCUT2D eigenvalue weighted by Gasteiger charge is -2.04. The summed E-state index contributed by atoms with van der Waals surface area (Å²) in [6, 6.07) is 10.9. The van der Waals surface area contributed by atoms with Crippen LogP contribution in [0, 0.1) is 0 Å². The molecule has 0 unspecified atom stereocenters. The minimum Gasteiger partial charge on any atom is -0.493 e. The Hall–Kier alpha value is -3.48. The first-order valence-electron chi connectivity index (χ1n) is 9.10. The number of aromatic nitrogens is 1. The number of rotatable bonds is 5. The number of carbonyl (C=O) groups is 2. The van der Waals surface area contributed by atoms with Gasteiger partial charge in [-0.2, -0.15) is 4.99 Å². The Morgan fingerprint density at radius 2 is 1.97 bits per heavy atom. The molecular formula is C20H17N3O7S2. The van der Waals surface area contributed by atoms with Crippen LogP contribution in [0.15, 0.2) is 56.8 Å². The highest BCUT2D eigenvalue weighted by atomic mass is 32.2. The van der Waals surface area contributed by atoms with Crippen LogP contribution in [0.4, 0.5) is 0 Å². The van der Waals surface area contributed by atoms with E-state index in [1.165, 1.54) is 37.0 Å². The fourth-order valence-corrected chi connectivity index (χ4v) is 4.79. The molecule has 32 heavy (non-hydrogen) atoms. The molecule has 0 bridgehead atoms. The van der Waals surface area contributed by atoms with Gasteiger partial charge in [0.1, 0.15) is 6.54 Å². The fourth-order valence-electron chi connectivity index (χ4n) is 3.11. The third-order valence-corrected chi connectivity index (χ3v) is 6.59. The largest absolute Gasteiger partial charge is 0.493 e. The number of para-hydroxylation sites is 1. The van der Waals surface area contributed by atoms with E-state index in [2.05, 4.69) is 4.99 Å². The van der Waals surface area contributed by atoms with Gasteiger partial charge < -0.3 is 18.5 Å². The Bertz CT molecular complexity index is 1540. The molecule has 0 atom stereocenters. The zero-order valence-corrected chi connectivity index (χ0v) is 18.5. The number of furan rings is 1. The molecule has 4 rings (SSSR count). The Balaban J connectivity index is 1.87. The second-order valence-corrected chi connectivity index (χ2v) is 9.20. The van der Waals surface area contributed by atoms with Crippen molar-refractivity contribution in [2.75, 3.05) is 14.2 Å². The van der Waals surface area contributed by atoms with Gasteiger partial charge in [0.2, 0.25) is 10.0 Å². The second kappa shape index (κ2) is 8.22. The normalized spacial score (nSPS) is 12.4. The van der Waals surface area contributed by atoms with Crippen LogP contribution in [0.25, 0.3) is 21.2 Å². The number of ether oxygens (including phenoxy) is 2. The molecule has 166 valence electrons. The van der Waals surface area contributed by atoms with Crippen LogP contribution in [0.2, 0.25) is 0 Å². The molecule has 0 aliphatic rings. The van der Waals surface area contributed by atoms with Crippen LogP contribution < -0.4 is 14.7 Å². The van der Waals surface area contributed by atoms with Crippen molar-refractivity contribution in [2.24, 2.45) is 10.1 Å². The molecule has 4 aromatic rings. The zero-order chi connectivity index (χ0) is 23.0. The van der Waals surface area contributed by atoms with Crippen molar-refractivity contribution in [1.29, 1.82) is 0 Å². The van der Waals surface area contributed by atoms with E-state index in [0.29, 0.717) is 26.9 Å². The lowest BCUT2D eigenvalue weighted by molar-refractivity contribution is -0.141. The van der Waals surface area contributed by atoms with Crippen LogP contribution in [0.5, 0.6) is 5.75 Å². The first-order valence-corrected chi connectivity index (χ1v) is 11.5. The summed E-state index contributed by atoms with van der Waals surface area (Å²) < 4.78 is 40.9. The maximum Gasteiger partial charge on any atom is 0.325 e. The van der Waals surface area contributed by atoms with Crippen LogP contribution in [-0.2, 0) is 26.1 Å². The number of amides is 1. The predicted octanol–water partition coefficient (Wildman–Crippen LogP) is 2.02. The molecule has 0 fully saturated rings. The number of sulfonamides is 1. The summed E-state index contributed by atoms with van der Waals surface area (Å²) in [5.74, 6) is -0.792. The SMILES string of the molecule is COC(=O)Cn1c(=NC(=O)c2cc3cccc(OC)c3o2)sc2cc(S(N)(=O)=O)ccc21. The Labute approximate surface area is 185 Å². The van der Waals surface area contributed by atoms with E-state index in [1.807, 2.05) is 0 Å². The van der Waals surface area contributed by atoms with E-state index >= 15 is 0 Å². The van der Waals surface area contributed by atoms with Crippen LogP contribution in [0.3, 0.4) is 0 Å². The number of hydrogen-bond acceptors (Lipinski definition) is 8. The Kier molecular flexibility index (Phi) is 5.59. The summed E-state index contributed by atoms with van der Waals surface area (Å²) in [6.07, 6.45) is 0. The van der Waals surface area contributed by atoms with Crippen LogP contribution >= 0.6 is 11.3 Å². The van der Waals surface area contributed by atoms with Gasteiger partial charge in [0.05, 0.1) is 29.3 Å². The minimum absolute atomic E-state index is 0.0169. The van der Waals surface area contributed by atoms with Crippen molar-refractivity contribution in [2.45, 2.75) is 11.4 Å². The summed E-state index contributed by atoms with van der Waals surface area (Å²) in [5.41, 5.74) is 0.899. The van der Waals surface area contributed by atoms with Gasteiger partial charge in [-0.1, -0.05) is 23.5 Å². The van der Waals surface area contributed by atoms with Gasteiger partial charge >= 0.3 is 11.9 Å². The summed E-state index contributed by atoms with van der Waals surface area (Å²) in [5, 5.41) is 5.87. The quantitative estimate of drug-likeness (QED) is 0.435. The molecule has 0 saturated heterocycles. The van der Waals surface area contributed by atoms with Crippen LogP contribution in [0.1, 0.15) is 10.6 Å². The fraction of sp³-hybridized carbons (Fsp3) is 0.150. The first-order chi connectivity index (χ1) is 15.2. The van der Waals surface area contributed by atoms with Crippen molar-refractivity contribution in [3.63, 3.8) is 0 Å². The van der Waals surface area contributed by atoms with Gasteiger partial charge in [-0.25, -0.2) is 13.6 Å².